The summed E-state index contributed by atoms with van der Waals surface area (Å²) in [6.07, 6.45) is 4.72. The zero-order valence-electron chi connectivity index (χ0n) is 13.9. The van der Waals surface area contributed by atoms with Gasteiger partial charge >= 0.3 is 5.97 Å². The van der Waals surface area contributed by atoms with Crippen molar-refractivity contribution in [1.29, 1.82) is 0 Å². The smallest absolute Gasteiger partial charge is 0.343 e. The van der Waals surface area contributed by atoms with Crippen LogP contribution in [0.1, 0.15) is 54.4 Å². The average molecular weight is 318 g/mol. The lowest BCUT2D eigenvalue weighted by molar-refractivity contribution is -0.141. The van der Waals surface area contributed by atoms with Crippen LogP contribution >= 0.6 is 0 Å². The van der Waals surface area contributed by atoms with Crippen LogP contribution in [0.25, 0.3) is 5.57 Å². The molecule has 0 saturated heterocycles. The van der Waals surface area contributed by atoms with Crippen LogP contribution in [0.2, 0.25) is 0 Å². The Morgan fingerprint density at radius 2 is 1.78 bits per heavy atom. The Balaban J connectivity index is 2.06. The molecule has 1 aromatic rings. The summed E-state index contributed by atoms with van der Waals surface area (Å²) >= 11 is 0. The van der Waals surface area contributed by atoms with Gasteiger partial charge in [-0.05, 0) is 50.3 Å². The first-order valence-corrected chi connectivity index (χ1v) is 8.32. The molecule has 23 heavy (non-hydrogen) atoms. The minimum absolute atomic E-state index is 0.0173. The number of aliphatic hydroxyl groups is 1. The first-order valence-electron chi connectivity index (χ1n) is 8.32. The lowest BCUT2D eigenvalue weighted by atomic mass is 9.83. The molecule has 3 nitrogen and oxygen atoms in total. The maximum atomic E-state index is 14.3. The predicted octanol–water partition coefficient (Wildman–Crippen LogP) is 4.53. The molecule has 1 atom stereocenters. The number of ether oxygens (including phenoxy) is 1. The quantitative estimate of drug-likeness (QED) is 0.815. The molecule has 0 bridgehead atoms. The molecule has 1 saturated carbocycles. The fourth-order valence-electron chi connectivity index (χ4n) is 4.01. The maximum absolute atomic E-state index is 14.3. The van der Waals surface area contributed by atoms with E-state index >= 15 is 0 Å². The zero-order chi connectivity index (χ0) is 16.7. The van der Waals surface area contributed by atoms with Crippen LogP contribution in [0, 0.1) is 32.5 Å². The Labute approximate surface area is 136 Å². The molecule has 0 spiro atoms. The van der Waals surface area contributed by atoms with E-state index in [1.807, 2.05) is 6.92 Å². The van der Waals surface area contributed by atoms with Crippen molar-refractivity contribution < 1.29 is 19.0 Å². The van der Waals surface area contributed by atoms with Crippen LogP contribution < -0.4 is 0 Å². The van der Waals surface area contributed by atoms with E-state index in [1.165, 1.54) is 6.42 Å². The molecule has 1 heterocycles. The third-order valence-corrected chi connectivity index (χ3v) is 5.17. The molecular weight excluding hydrogens is 295 g/mol. The number of cyclic esters (lactones) is 1. The summed E-state index contributed by atoms with van der Waals surface area (Å²) in [4.78, 5) is 12.4. The molecule has 1 aliphatic heterocycles. The largest absolute Gasteiger partial charge is 0.507 e. The van der Waals surface area contributed by atoms with E-state index in [9.17, 15) is 14.3 Å². The van der Waals surface area contributed by atoms with Gasteiger partial charge in [0.1, 0.15) is 17.1 Å². The molecule has 0 amide bonds. The van der Waals surface area contributed by atoms with Crippen molar-refractivity contribution in [2.45, 2.75) is 59.0 Å². The summed E-state index contributed by atoms with van der Waals surface area (Å²) in [5.74, 6) is -0.718. The maximum Gasteiger partial charge on any atom is 0.343 e. The highest BCUT2D eigenvalue weighted by atomic mass is 19.1. The van der Waals surface area contributed by atoms with Gasteiger partial charge in [0.2, 0.25) is 0 Å². The first kappa shape index (κ1) is 16.0. The van der Waals surface area contributed by atoms with Gasteiger partial charge in [-0.25, -0.2) is 9.18 Å². The minimum atomic E-state index is -0.569. The standard InChI is InChI=1S/C19H23FO3/c1-10-9-11(2)16(20)12(3)14(10)15-17(21)18(23-19(15)22)13-7-5-4-6-8-13/h9,13,18,21H,4-8H2,1-3H3. The van der Waals surface area contributed by atoms with Crippen molar-refractivity contribution in [3.05, 3.63) is 39.9 Å². The lowest BCUT2D eigenvalue weighted by Crippen LogP contribution is -2.25. The van der Waals surface area contributed by atoms with Crippen molar-refractivity contribution >= 4 is 11.5 Å². The van der Waals surface area contributed by atoms with Crippen LogP contribution in [0.5, 0.6) is 0 Å². The van der Waals surface area contributed by atoms with Crippen LogP contribution in [-0.2, 0) is 9.53 Å². The van der Waals surface area contributed by atoms with E-state index < -0.39 is 12.1 Å². The van der Waals surface area contributed by atoms with E-state index in [-0.39, 0.29) is 23.1 Å². The number of esters is 1. The van der Waals surface area contributed by atoms with Gasteiger partial charge in [-0.15, -0.1) is 0 Å². The van der Waals surface area contributed by atoms with Crippen LogP contribution in [-0.4, -0.2) is 17.2 Å². The highest BCUT2D eigenvalue weighted by molar-refractivity contribution is 6.20. The van der Waals surface area contributed by atoms with Gasteiger partial charge in [-0.3, -0.25) is 0 Å². The van der Waals surface area contributed by atoms with Gasteiger partial charge in [0.15, 0.2) is 6.10 Å². The molecule has 3 rings (SSSR count). The molecule has 1 aliphatic carbocycles. The molecule has 1 N–H and O–H groups in total. The molecule has 0 aromatic heterocycles. The van der Waals surface area contributed by atoms with E-state index in [1.54, 1.807) is 19.9 Å². The van der Waals surface area contributed by atoms with Crippen LogP contribution in [0.3, 0.4) is 0 Å². The SMILES string of the molecule is Cc1cc(C)c(C2=C(O)C(C3CCCCC3)OC2=O)c(C)c1F. The van der Waals surface area contributed by atoms with Gasteiger partial charge in [0.05, 0.1) is 0 Å². The van der Waals surface area contributed by atoms with E-state index in [4.69, 9.17) is 4.74 Å². The Morgan fingerprint density at radius 1 is 1.13 bits per heavy atom. The fraction of sp³-hybridized carbons (Fsp3) is 0.526. The Morgan fingerprint density at radius 3 is 2.43 bits per heavy atom. The molecule has 1 unspecified atom stereocenters. The highest BCUT2D eigenvalue weighted by Crippen LogP contribution is 2.40. The minimum Gasteiger partial charge on any atom is -0.507 e. The van der Waals surface area contributed by atoms with E-state index in [0.29, 0.717) is 16.7 Å². The number of benzene rings is 1. The third-order valence-electron chi connectivity index (χ3n) is 5.17. The van der Waals surface area contributed by atoms with Crippen molar-refractivity contribution in [3.63, 3.8) is 0 Å². The Bertz CT molecular complexity index is 684. The molecular formula is C19H23FO3. The molecule has 1 fully saturated rings. The molecule has 4 heteroatoms. The number of aryl methyl sites for hydroxylation is 2. The van der Waals surface area contributed by atoms with Gasteiger partial charge in [0, 0.05) is 11.5 Å². The highest BCUT2D eigenvalue weighted by Gasteiger charge is 2.41. The Kier molecular flexibility index (Phi) is 4.17. The Hall–Kier alpha value is -1.84. The number of carbonyl (C=O) groups excluding carboxylic acids is 1. The number of rotatable bonds is 2. The lowest BCUT2D eigenvalue weighted by Gasteiger charge is -2.26. The van der Waals surface area contributed by atoms with E-state index in [0.717, 1.165) is 31.2 Å². The topological polar surface area (TPSA) is 46.5 Å². The van der Waals surface area contributed by atoms with Crippen molar-refractivity contribution in [2.24, 2.45) is 5.92 Å². The van der Waals surface area contributed by atoms with Gasteiger partial charge < -0.3 is 9.84 Å². The van der Waals surface area contributed by atoms with Gasteiger partial charge in [0.25, 0.3) is 0 Å². The molecule has 1 aromatic carbocycles. The molecule has 2 aliphatic rings. The second kappa shape index (κ2) is 5.99. The number of hydrogen-bond donors (Lipinski definition) is 1. The van der Waals surface area contributed by atoms with Crippen LogP contribution in [0.4, 0.5) is 4.39 Å². The third kappa shape index (κ3) is 2.64. The second-order valence-corrected chi connectivity index (χ2v) is 6.81. The van der Waals surface area contributed by atoms with Crippen molar-refractivity contribution in [2.75, 3.05) is 0 Å². The summed E-state index contributed by atoms with van der Waals surface area (Å²) < 4.78 is 19.7. The summed E-state index contributed by atoms with van der Waals surface area (Å²) in [6, 6.07) is 1.71. The van der Waals surface area contributed by atoms with Crippen molar-refractivity contribution in [1.82, 2.24) is 0 Å². The summed E-state index contributed by atoms with van der Waals surface area (Å²) in [7, 11) is 0. The zero-order valence-corrected chi connectivity index (χ0v) is 13.9. The predicted molar refractivity (Wildman–Crippen MR) is 86.6 cm³/mol. The van der Waals surface area contributed by atoms with Gasteiger partial charge in [-0.1, -0.05) is 25.3 Å². The fourth-order valence-corrected chi connectivity index (χ4v) is 4.01. The number of aliphatic hydroxyl groups excluding tert-OH is 1. The van der Waals surface area contributed by atoms with E-state index in [2.05, 4.69) is 0 Å². The second-order valence-electron chi connectivity index (χ2n) is 6.81. The summed E-state index contributed by atoms with van der Waals surface area (Å²) in [5.41, 5.74) is 2.34. The monoisotopic (exact) mass is 318 g/mol. The number of halogens is 1. The van der Waals surface area contributed by atoms with Gasteiger partial charge in [-0.2, -0.15) is 0 Å². The van der Waals surface area contributed by atoms with Crippen LogP contribution in [0.15, 0.2) is 11.8 Å². The summed E-state index contributed by atoms with van der Waals surface area (Å²) in [6.45, 7) is 5.17. The number of hydrogen-bond acceptors (Lipinski definition) is 3. The van der Waals surface area contributed by atoms with Crippen molar-refractivity contribution in [3.8, 4) is 0 Å². The first-order chi connectivity index (χ1) is 10.9. The number of carbonyl (C=O) groups is 1. The molecule has 124 valence electrons. The normalized spacial score (nSPS) is 22.6. The summed E-state index contributed by atoms with van der Waals surface area (Å²) in [5, 5.41) is 10.6. The molecule has 0 radical (unpaired) electrons. The average Bonchev–Trinajstić information content (AvgIpc) is 2.82.